The molecule has 0 atom stereocenters. The fourth-order valence-electron chi connectivity index (χ4n) is 5.24. The number of hydrogen-bond donors (Lipinski definition) is 3. The van der Waals surface area contributed by atoms with Gasteiger partial charge in [0.2, 0.25) is 5.91 Å². The Kier molecular flexibility index (Phi) is 8.49. The molecule has 2 saturated heterocycles. The highest BCUT2D eigenvalue weighted by Gasteiger charge is 2.42. The van der Waals surface area contributed by atoms with Crippen LogP contribution in [-0.4, -0.2) is 72.7 Å². The van der Waals surface area contributed by atoms with E-state index in [1.54, 1.807) is 18.7 Å². The fraction of sp³-hybridized carbons (Fsp3) is 0.438. The number of nitrogens with one attached hydrogen (secondary N) is 3. The number of carbonyl (C=O) groups excluding carboxylic acids is 3. The number of thiophene rings is 1. The second-order valence-corrected chi connectivity index (χ2v) is 13.6. The molecule has 4 heterocycles. The number of urea groups is 1. The number of aryl methyl sites for hydroxylation is 1. The lowest BCUT2D eigenvalue weighted by molar-refractivity contribution is -0.133. The van der Waals surface area contributed by atoms with Crippen LogP contribution in [0.15, 0.2) is 42.6 Å². The molecule has 0 aliphatic carbocycles. The first-order valence-electron chi connectivity index (χ1n) is 14.6. The summed E-state index contributed by atoms with van der Waals surface area (Å²) >= 11 is 1.35. The number of nitrogens with zero attached hydrogens (tertiary/aromatic N) is 3. The van der Waals surface area contributed by atoms with Gasteiger partial charge in [0.05, 0.1) is 36.5 Å². The van der Waals surface area contributed by atoms with Gasteiger partial charge in [-0.15, -0.1) is 11.3 Å². The van der Waals surface area contributed by atoms with Crippen LogP contribution in [0.2, 0.25) is 0 Å². The molecule has 5 rings (SSSR count). The van der Waals surface area contributed by atoms with Gasteiger partial charge in [0.15, 0.2) is 0 Å². The number of carbonyl (C=O) groups is 3. The van der Waals surface area contributed by atoms with Crippen molar-refractivity contribution in [2.24, 2.45) is 0 Å². The number of amides is 4. The standard InChI is InChI=1S/C32H40N6O4S/c1-20-15-21(24-8-7-23(19-34-24)37-11-13-42-14-12-37)17-22(16-20)35-30(41)36-25-18-26(31(2,3)4)43-27(25)28(39)38-10-9-33-29(40)32(38,5)6/h7-8,15-19H,9-14H2,1-6H3,(H,33,40)(H2,35,36,41). The molecule has 1 aromatic carbocycles. The second kappa shape index (κ2) is 12.0. The van der Waals surface area contributed by atoms with E-state index >= 15 is 0 Å². The van der Waals surface area contributed by atoms with Crippen molar-refractivity contribution in [2.75, 3.05) is 54.9 Å². The van der Waals surface area contributed by atoms with Crippen molar-refractivity contribution in [3.63, 3.8) is 0 Å². The molecule has 43 heavy (non-hydrogen) atoms. The van der Waals surface area contributed by atoms with Crippen LogP contribution in [0.4, 0.5) is 21.9 Å². The quantitative estimate of drug-likeness (QED) is 0.367. The molecule has 0 saturated carbocycles. The Labute approximate surface area is 256 Å². The number of aromatic nitrogens is 1. The average Bonchev–Trinajstić information content (AvgIpc) is 3.38. The van der Waals surface area contributed by atoms with E-state index in [-0.39, 0.29) is 17.2 Å². The molecule has 2 fully saturated rings. The summed E-state index contributed by atoms with van der Waals surface area (Å²) < 4.78 is 5.45. The normalized spacial score (nSPS) is 16.9. The number of rotatable bonds is 5. The third-order valence-corrected chi connectivity index (χ3v) is 9.31. The molecule has 2 aliphatic heterocycles. The van der Waals surface area contributed by atoms with Gasteiger partial charge in [0, 0.05) is 42.3 Å². The molecule has 3 N–H and O–H groups in total. The Morgan fingerprint density at radius 2 is 1.79 bits per heavy atom. The third kappa shape index (κ3) is 6.67. The van der Waals surface area contributed by atoms with Crippen molar-refractivity contribution < 1.29 is 19.1 Å². The molecular weight excluding hydrogens is 564 g/mol. The predicted molar refractivity (Wildman–Crippen MR) is 171 cm³/mol. The third-order valence-electron chi connectivity index (χ3n) is 7.77. The minimum Gasteiger partial charge on any atom is -0.378 e. The van der Waals surface area contributed by atoms with E-state index in [9.17, 15) is 14.4 Å². The number of anilines is 3. The Morgan fingerprint density at radius 1 is 1.05 bits per heavy atom. The first-order chi connectivity index (χ1) is 20.3. The minimum absolute atomic E-state index is 0.201. The summed E-state index contributed by atoms with van der Waals surface area (Å²) in [6.07, 6.45) is 1.87. The van der Waals surface area contributed by atoms with Crippen LogP contribution in [0, 0.1) is 6.92 Å². The van der Waals surface area contributed by atoms with Crippen LogP contribution in [0.25, 0.3) is 11.3 Å². The Balaban J connectivity index is 1.35. The molecule has 228 valence electrons. The number of benzene rings is 1. The van der Waals surface area contributed by atoms with Gasteiger partial charge >= 0.3 is 6.03 Å². The van der Waals surface area contributed by atoms with E-state index in [0.29, 0.717) is 42.6 Å². The fourth-order valence-corrected chi connectivity index (χ4v) is 6.36. The van der Waals surface area contributed by atoms with Gasteiger partial charge in [-0.3, -0.25) is 14.6 Å². The number of hydrogen-bond acceptors (Lipinski definition) is 7. The average molecular weight is 605 g/mol. The second-order valence-electron chi connectivity index (χ2n) is 12.5. The predicted octanol–water partition coefficient (Wildman–Crippen LogP) is 5.25. The smallest absolute Gasteiger partial charge is 0.323 e. The van der Waals surface area contributed by atoms with Crippen molar-refractivity contribution in [1.82, 2.24) is 15.2 Å². The van der Waals surface area contributed by atoms with Crippen molar-refractivity contribution >= 4 is 46.2 Å². The van der Waals surface area contributed by atoms with E-state index in [1.807, 2.05) is 43.5 Å². The lowest BCUT2D eigenvalue weighted by atomic mass is 9.94. The van der Waals surface area contributed by atoms with Gasteiger partial charge in [-0.05, 0) is 68.1 Å². The van der Waals surface area contributed by atoms with Crippen molar-refractivity contribution in [1.29, 1.82) is 0 Å². The molecule has 4 amide bonds. The molecule has 0 spiro atoms. The van der Waals surface area contributed by atoms with E-state index in [2.05, 4.69) is 47.7 Å². The number of piperazine rings is 1. The highest BCUT2D eigenvalue weighted by atomic mass is 32.1. The van der Waals surface area contributed by atoms with E-state index < -0.39 is 11.6 Å². The summed E-state index contributed by atoms with van der Waals surface area (Å²) in [7, 11) is 0. The Hall–Kier alpha value is -3.96. The summed E-state index contributed by atoms with van der Waals surface area (Å²) in [5, 5.41) is 8.68. The lowest BCUT2D eigenvalue weighted by Crippen LogP contribution is -2.63. The van der Waals surface area contributed by atoms with Crippen molar-refractivity contribution in [2.45, 2.75) is 52.5 Å². The summed E-state index contributed by atoms with van der Waals surface area (Å²) in [5.41, 5.74) is 3.51. The van der Waals surface area contributed by atoms with Crippen LogP contribution in [-0.2, 0) is 14.9 Å². The van der Waals surface area contributed by atoms with Crippen LogP contribution in [0.3, 0.4) is 0 Å². The summed E-state index contributed by atoms with van der Waals surface area (Å²) in [4.78, 5) is 49.5. The molecule has 2 aromatic heterocycles. The van der Waals surface area contributed by atoms with Crippen LogP contribution in [0.5, 0.6) is 0 Å². The van der Waals surface area contributed by atoms with Crippen molar-refractivity contribution in [3.8, 4) is 11.3 Å². The van der Waals surface area contributed by atoms with Gasteiger partial charge in [0.25, 0.3) is 5.91 Å². The van der Waals surface area contributed by atoms with Gasteiger partial charge in [0.1, 0.15) is 10.4 Å². The first-order valence-corrected chi connectivity index (χ1v) is 15.4. The van der Waals surface area contributed by atoms with Crippen molar-refractivity contribution in [3.05, 3.63) is 57.9 Å². The highest BCUT2D eigenvalue weighted by molar-refractivity contribution is 7.14. The van der Waals surface area contributed by atoms with Crippen LogP contribution in [0.1, 0.15) is 54.7 Å². The molecule has 11 heteroatoms. The number of ether oxygens (including phenoxy) is 1. The van der Waals surface area contributed by atoms with Gasteiger partial charge < -0.3 is 30.5 Å². The Bertz CT molecular complexity index is 1520. The zero-order valence-electron chi connectivity index (χ0n) is 25.7. The molecule has 0 radical (unpaired) electrons. The van der Waals surface area contributed by atoms with Gasteiger partial charge in [-0.2, -0.15) is 0 Å². The molecule has 2 aliphatic rings. The molecular formula is C32H40N6O4S. The first kappa shape index (κ1) is 30.5. The van der Waals surface area contributed by atoms with Crippen LogP contribution < -0.4 is 20.9 Å². The van der Waals surface area contributed by atoms with E-state index in [1.165, 1.54) is 11.3 Å². The monoisotopic (exact) mass is 604 g/mol. The maximum Gasteiger partial charge on any atom is 0.323 e. The zero-order valence-corrected chi connectivity index (χ0v) is 26.5. The SMILES string of the molecule is Cc1cc(NC(=O)Nc2cc(C(C)(C)C)sc2C(=O)N2CCNC(=O)C2(C)C)cc(-c2ccc(N3CCOCC3)cn2)c1. The van der Waals surface area contributed by atoms with E-state index in [0.717, 1.165) is 40.5 Å². The highest BCUT2D eigenvalue weighted by Crippen LogP contribution is 2.37. The zero-order chi connectivity index (χ0) is 30.9. The van der Waals surface area contributed by atoms with Gasteiger partial charge in [-0.25, -0.2) is 4.79 Å². The maximum atomic E-state index is 13.8. The Morgan fingerprint density at radius 3 is 2.47 bits per heavy atom. The minimum atomic E-state index is -1.01. The van der Waals surface area contributed by atoms with E-state index in [4.69, 9.17) is 9.72 Å². The lowest BCUT2D eigenvalue weighted by Gasteiger charge is -2.41. The largest absolute Gasteiger partial charge is 0.378 e. The number of pyridine rings is 1. The topological polar surface area (TPSA) is 116 Å². The van der Waals surface area contributed by atoms with Gasteiger partial charge in [-0.1, -0.05) is 20.8 Å². The summed E-state index contributed by atoms with van der Waals surface area (Å²) in [5.74, 6) is -0.479. The molecule has 10 nitrogen and oxygen atoms in total. The molecule has 0 bridgehead atoms. The maximum absolute atomic E-state index is 13.8. The van der Waals surface area contributed by atoms with Crippen LogP contribution >= 0.6 is 11.3 Å². The summed E-state index contributed by atoms with van der Waals surface area (Å²) in [6.45, 7) is 15.5. The number of morpholine rings is 1. The summed E-state index contributed by atoms with van der Waals surface area (Å²) in [6, 6.07) is 11.2. The molecule has 0 unspecified atom stereocenters. The molecule has 3 aromatic rings.